The maximum Gasteiger partial charge on any atom is 0.310 e. The Morgan fingerprint density at radius 3 is 2.83 bits per heavy atom. The van der Waals surface area contributed by atoms with Gasteiger partial charge in [0, 0.05) is 24.1 Å². The molecule has 4 atom stereocenters. The third kappa shape index (κ3) is 2.84. The number of carbonyl (C=O) groups excluding carboxylic acids is 1. The first kappa shape index (κ1) is 16.6. The summed E-state index contributed by atoms with van der Waals surface area (Å²) in [5, 5.41) is 11.2. The molecule has 0 N–H and O–H groups in total. The Hall–Kier alpha value is -1.22. The zero-order valence-corrected chi connectivity index (χ0v) is 15.2. The molecule has 6 nitrogen and oxygen atoms in total. The number of rotatable bonds is 3. The highest BCUT2D eigenvalue weighted by Gasteiger charge is 2.49. The topological polar surface area (TPSA) is 72.7 Å². The van der Waals surface area contributed by atoms with Gasteiger partial charge in [-0.05, 0) is 60.5 Å². The summed E-state index contributed by atoms with van der Waals surface area (Å²) in [7, 11) is 3.47. The monoisotopic (exact) mass is 430 g/mol. The van der Waals surface area contributed by atoms with Crippen molar-refractivity contribution in [3.63, 3.8) is 0 Å². The van der Waals surface area contributed by atoms with Crippen molar-refractivity contribution >= 4 is 34.2 Å². The Labute approximate surface area is 148 Å². The highest BCUT2D eigenvalue weighted by molar-refractivity contribution is 14.1. The molecule has 2 fully saturated rings. The van der Waals surface area contributed by atoms with Gasteiger partial charge in [-0.2, -0.15) is 0 Å². The van der Waals surface area contributed by atoms with Crippen LogP contribution in [-0.4, -0.2) is 42.0 Å². The van der Waals surface area contributed by atoms with E-state index in [1.165, 1.54) is 7.11 Å². The lowest BCUT2D eigenvalue weighted by atomic mass is 9.76. The molecule has 124 valence electrons. The molecule has 2 saturated heterocycles. The maximum absolute atomic E-state index is 12.4. The Bertz CT molecular complexity index is 651. The largest absolute Gasteiger partial charge is 0.469 e. The maximum atomic E-state index is 12.4. The van der Waals surface area contributed by atoms with Crippen LogP contribution in [-0.2, 0) is 9.53 Å². The summed E-state index contributed by atoms with van der Waals surface area (Å²) in [6.07, 6.45) is 2.88. The van der Waals surface area contributed by atoms with E-state index >= 15 is 0 Å². The van der Waals surface area contributed by atoms with Crippen molar-refractivity contribution < 1.29 is 14.5 Å². The van der Waals surface area contributed by atoms with E-state index in [9.17, 15) is 14.9 Å². The lowest BCUT2D eigenvalue weighted by Gasteiger charge is -2.41. The van der Waals surface area contributed by atoms with Gasteiger partial charge in [0.15, 0.2) is 0 Å². The van der Waals surface area contributed by atoms with Gasteiger partial charge in [0.1, 0.15) is 0 Å². The van der Waals surface area contributed by atoms with Gasteiger partial charge in [-0.15, -0.1) is 0 Å². The predicted molar refractivity (Wildman–Crippen MR) is 93.3 cm³/mol. The van der Waals surface area contributed by atoms with Crippen LogP contribution in [0.3, 0.4) is 0 Å². The zero-order valence-electron chi connectivity index (χ0n) is 13.1. The summed E-state index contributed by atoms with van der Waals surface area (Å²) >= 11 is 1.97. The third-order valence-corrected chi connectivity index (χ3v) is 6.25. The molecule has 0 saturated carbocycles. The standard InChI is InChI=1S/C16H19IN2O4/c1-18-10-4-6-13(18)15(16(20)23-2)11(8-10)9-3-5-12(17)14(7-9)19(21)22/h3,5,7,10-11,13,15H,4,6,8H2,1-2H3/t10-,11+,13+,15-/m0/s1. The van der Waals surface area contributed by atoms with E-state index in [0.717, 1.165) is 24.8 Å². The second-order valence-electron chi connectivity index (χ2n) is 6.32. The highest BCUT2D eigenvalue weighted by Crippen LogP contribution is 2.47. The van der Waals surface area contributed by atoms with Gasteiger partial charge >= 0.3 is 5.97 Å². The van der Waals surface area contributed by atoms with E-state index < -0.39 is 0 Å². The second-order valence-corrected chi connectivity index (χ2v) is 7.49. The summed E-state index contributed by atoms with van der Waals surface area (Å²) in [4.78, 5) is 25.5. The van der Waals surface area contributed by atoms with Gasteiger partial charge in [-0.3, -0.25) is 19.8 Å². The number of hydrogen-bond acceptors (Lipinski definition) is 5. The van der Waals surface area contributed by atoms with Crippen LogP contribution in [0.4, 0.5) is 5.69 Å². The molecule has 2 bridgehead atoms. The van der Waals surface area contributed by atoms with Crippen molar-refractivity contribution in [2.75, 3.05) is 14.2 Å². The van der Waals surface area contributed by atoms with Crippen molar-refractivity contribution in [3.8, 4) is 0 Å². The molecule has 3 rings (SSSR count). The zero-order chi connectivity index (χ0) is 16.7. The number of fused-ring (bicyclic) bond motifs is 2. The molecule has 1 aromatic rings. The van der Waals surface area contributed by atoms with Crippen molar-refractivity contribution in [2.45, 2.75) is 37.3 Å². The number of benzene rings is 1. The first-order valence-corrected chi connectivity index (χ1v) is 8.75. The van der Waals surface area contributed by atoms with Crippen molar-refractivity contribution in [1.29, 1.82) is 0 Å². The van der Waals surface area contributed by atoms with Gasteiger partial charge in [-0.25, -0.2) is 0 Å². The van der Waals surface area contributed by atoms with E-state index in [-0.39, 0.29) is 34.5 Å². The molecule has 0 amide bonds. The average molecular weight is 430 g/mol. The summed E-state index contributed by atoms with van der Waals surface area (Å²) in [6.45, 7) is 0. The van der Waals surface area contributed by atoms with E-state index in [4.69, 9.17) is 4.74 Å². The van der Waals surface area contributed by atoms with E-state index in [1.54, 1.807) is 12.1 Å². The molecule has 7 heteroatoms. The first-order chi connectivity index (χ1) is 10.9. The van der Waals surface area contributed by atoms with Crippen LogP contribution in [0.25, 0.3) is 0 Å². The molecule has 2 aliphatic heterocycles. The Balaban J connectivity index is 2.01. The smallest absolute Gasteiger partial charge is 0.310 e. The Morgan fingerprint density at radius 2 is 2.17 bits per heavy atom. The van der Waals surface area contributed by atoms with E-state index in [2.05, 4.69) is 11.9 Å². The van der Waals surface area contributed by atoms with Crippen LogP contribution in [0.15, 0.2) is 18.2 Å². The number of nitro benzene ring substituents is 1. The third-order valence-electron chi connectivity index (χ3n) is 5.34. The first-order valence-electron chi connectivity index (χ1n) is 7.67. The SMILES string of the molecule is COC(=O)[C@H]1[C@@H](c2ccc(I)c([N+](=O)[O-])c2)C[C@@H]2CC[C@H]1N2C. The number of hydrogen-bond donors (Lipinski definition) is 0. The summed E-state index contributed by atoms with van der Waals surface area (Å²) in [5.41, 5.74) is 0.982. The number of carbonyl (C=O) groups is 1. The van der Waals surface area contributed by atoms with Crippen LogP contribution < -0.4 is 0 Å². The lowest BCUT2D eigenvalue weighted by Crippen LogP contribution is -2.49. The van der Waals surface area contributed by atoms with E-state index in [0.29, 0.717) is 9.61 Å². The van der Waals surface area contributed by atoms with Crippen LogP contribution in [0, 0.1) is 19.6 Å². The molecule has 0 radical (unpaired) electrons. The molecule has 0 aliphatic carbocycles. The van der Waals surface area contributed by atoms with Gasteiger partial charge in [0.25, 0.3) is 5.69 Å². The van der Waals surface area contributed by atoms with Crippen LogP contribution in [0.1, 0.15) is 30.7 Å². The van der Waals surface area contributed by atoms with Crippen molar-refractivity contribution in [1.82, 2.24) is 4.90 Å². The van der Waals surface area contributed by atoms with Gasteiger partial charge in [0.2, 0.25) is 0 Å². The van der Waals surface area contributed by atoms with Crippen molar-refractivity contribution in [3.05, 3.63) is 37.4 Å². The fraction of sp³-hybridized carbons (Fsp3) is 0.562. The second kappa shape index (κ2) is 6.35. The minimum absolute atomic E-state index is 0.0214. The predicted octanol–water partition coefficient (Wildman–Crippen LogP) is 2.94. The molecule has 0 spiro atoms. The molecule has 2 heterocycles. The lowest BCUT2D eigenvalue weighted by molar-refractivity contribution is -0.385. The number of nitro groups is 1. The number of nitrogens with zero attached hydrogens (tertiary/aromatic N) is 2. The van der Waals surface area contributed by atoms with Crippen LogP contribution in [0.2, 0.25) is 0 Å². The Kier molecular flexibility index (Phi) is 4.59. The summed E-state index contributed by atoms with van der Waals surface area (Å²) in [6, 6.07) is 5.91. The molecule has 1 aromatic carbocycles. The molecular weight excluding hydrogens is 411 g/mol. The number of esters is 1. The van der Waals surface area contributed by atoms with Crippen LogP contribution >= 0.6 is 22.6 Å². The number of ether oxygens (including phenoxy) is 1. The number of piperidine rings is 1. The molecular formula is C16H19IN2O4. The average Bonchev–Trinajstić information content (AvgIpc) is 2.77. The van der Waals surface area contributed by atoms with Gasteiger partial charge in [0.05, 0.1) is 21.5 Å². The highest BCUT2D eigenvalue weighted by atomic mass is 127. The minimum Gasteiger partial charge on any atom is -0.469 e. The minimum atomic E-state index is -0.359. The Morgan fingerprint density at radius 1 is 1.43 bits per heavy atom. The number of halogens is 1. The summed E-state index contributed by atoms with van der Waals surface area (Å²) in [5.74, 6) is -0.497. The van der Waals surface area contributed by atoms with Gasteiger partial charge in [-0.1, -0.05) is 6.07 Å². The molecule has 0 unspecified atom stereocenters. The normalized spacial score (nSPS) is 30.2. The van der Waals surface area contributed by atoms with Crippen molar-refractivity contribution in [2.24, 2.45) is 5.92 Å². The van der Waals surface area contributed by atoms with Crippen LogP contribution in [0.5, 0.6) is 0 Å². The number of methoxy groups -OCH3 is 1. The quantitative estimate of drug-likeness (QED) is 0.319. The fourth-order valence-electron chi connectivity index (χ4n) is 4.17. The molecule has 2 aliphatic rings. The fourth-order valence-corrected chi connectivity index (χ4v) is 4.70. The molecule has 0 aromatic heterocycles. The molecule has 23 heavy (non-hydrogen) atoms. The van der Waals surface area contributed by atoms with E-state index in [1.807, 2.05) is 28.7 Å². The summed E-state index contributed by atoms with van der Waals surface area (Å²) < 4.78 is 5.65. The van der Waals surface area contributed by atoms with Gasteiger partial charge < -0.3 is 4.74 Å².